The Hall–Kier alpha value is -2.34. The number of carbonyl (C=O) groups excluding carboxylic acids is 1. The molecule has 0 bridgehead atoms. The number of imidazole rings is 1. The standard InChI is InChI=1S/C16H22N4O2/c1-2-14(12-21)19-16(22)18-10-15-17-8-9-20(15)11-13-6-4-3-5-7-13/h3-9,14,21H,2,10-12H2,1H3,(H2,18,19,22). The highest BCUT2D eigenvalue weighted by atomic mass is 16.3. The summed E-state index contributed by atoms with van der Waals surface area (Å²) in [5.74, 6) is 0.788. The molecule has 1 aromatic carbocycles. The van der Waals surface area contributed by atoms with E-state index >= 15 is 0 Å². The molecule has 0 aliphatic rings. The number of nitrogens with zero attached hydrogens (tertiary/aromatic N) is 2. The molecule has 2 aromatic rings. The average molecular weight is 302 g/mol. The summed E-state index contributed by atoms with van der Waals surface area (Å²) < 4.78 is 2.00. The zero-order chi connectivity index (χ0) is 15.8. The van der Waals surface area contributed by atoms with Crippen LogP contribution < -0.4 is 10.6 Å². The van der Waals surface area contributed by atoms with Gasteiger partial charge in [0.25, 0.3) is 0 Å². The normalized spacial score (nSPS) is 11.9. The lowest BCUT2D eigenvalue weighted by atomic mass is 10.2. The highest BCUT2D eigenvalue weighted by molar-refractivity contribution is 5.74. The summed E-state index contributed by atoms with van der Waals surface area (Å²) in [6.07, 6.45) is 4.30. The van der Waals surface area contributed by atoms with Gasteiger partial charge in [-0.05, 0) is 12.0 Å². The van der Waals surface area contributed by atoms with Crippen LogP contribution in [0.4, 0.5) is 4.79 Å². The van der Waals surface area contributed by atoms with Crippen molar-refractivity contribution in [3.63, 3.8) is 0 Å². The Labute approximate surface area is 130 Å². The smallest absolute Gasteiger partial charge is 0.315 e. The number of hydrogen-bond donors (Lipinski definition) is 3. The van der Waals surface area contributed by atoms with Crippen LogP contribution in [-0.2, 0) is 13.1 Å². The van der Waals surface area contributed by atoms with Gasteiger partial charge in [-0.3, -0.25) is 0 Å². The molecule has 0 fully saturated rings. The fourth-order valence-corrected chi connectivity index (χ4v) is 2.10. The molecule has 3 N–H and O–H groups in total. The third-order valence-corrected chi connectivity index (χ3v) is 3.45. The fourth-order valence-electron chi connectivity index (χ4n) is 2.10. The van der Waals surface area contributed by atoms with Crippen LogP contribution in [-0.4, -0.2) is 33.3 Å². The molecule has 6 heteroatoms. The summed E-state index contributed by atoms with van der Waals surface area (Å²) in [5.41, 5.74) is 1.18. The van der Waals surface area contributed by atoms with E-state index in [-0.39, 0.29) is 18.7 Å². The summed E-state index contributed by atoms with van der Waals surface area (Å²) in [6.45, 7) is 2.90. The van der Waals surface area contributed by atoms with E-state index in [1.54, 1.807) is 6.20 Å². The Kier molecular flexibility index (Phi) is 5.97. The highest BCUT2D eigenvalue weighted by Crippen LogP contribution is 2.05. The van der Waals surface area contributed by atoms with Gasteiger partial charge in [-0.25, -0.2) is 9.78 Å². The van der Waals surface area contributed by atoms with Crippen LogP contribution in [0.15, 0.2) is 42.7 Å². The lowest BCUT2D eigenvalue weighted by Crippen LogP contribution is -2.43. The Morgan fingerprint density at radius 3 is 2.82 bits per heavy atom. The maximum Gasteiger partial charge on any atom is 0.315 e. The zero-order valence-electron chi connectivity index (χ0n) is 12.7. The Morgan fingerprint density at radius 1 is 1.36 bits per heavy atom. The number of aliphatic hydroxyl groups is 1. The molecule has 2 amide bonds. The Morgan fingerprint density at radius 2 is 2.14 bits per heavy atom. The van der Waals surface area contributed by atoms with E-state index in [4.69, 9.17) is 5.11 Å². The van der Waals surface area contributed by atoms with Gasteiger partial charge in [-0.1, -0.05) is 37.3 Å². The SMILES string of the molecule is CCC(CO)NC(=O)NCc1nccn1Cc1ccccc1. The molecule has 0 aliphatic carbocycles. The van der Waals surface area contributed by atoms with E-state index in [1.165, 1.54) is 5.56 Å². The molecule has 118 valence electrons. The van der Waals surface area contributed by atoms with Crippen LogP contribution in [0.25, 0.3) is 0 Å². The molecule has 1 atom stereocenters. The molecule has 22 heavy (non-hydrogen) atoms. The molecular weight excluding hydrogens is 280 g/mol. The number of nitrogens with one attached hydrogen (secondary N) is 2. The number of urea groups is 1. The van der Waals surface area contributed by atoms with Gasteiger partial charge in [0.15, 0.2) is 0 Å². The van der Waals surface area contributed by atoms with E-state index in [2.05, 4.69) is 27.8 Å². The first kappa shape index (κ1) is 16.0. The topological polar surface area (TPSA) is 79.2 Å². The van der Waals surface area contributed by atoms with E-state index in [1.807, 2.05) is 35.9 Å². The second-order valence-corrected chi connectivity index (χ2v) is 5.07. The number of rotatable bonds is 7. The fraction of sp³-hybridized carbons (Fsp3) is 0.375. The molecule has 0 aliphatic heterocycles. The van der Waals surface area contributed by atoms with Gasteiger partial charge in [-0.2, -0.15) is 0 Å². The number of hydrogen-bond acceptors (Lipinski definition) is 3. The van der Waals surface area contributed by atoms with Gasteiger partial charge in [0, 0.05) is 18.9 Å². The van der Waals surface area contributed by atoms with Crippen molar-refractivity contribution in [2.75, 3.05) is 6.61 Å². The maximum absolute atomic E-state index is 11.8. The van der Waals surface area contributed by atoms with Gasteiger partial charge < -0.3 is 20.3 Å². The number of carbonyl (C=O) groups is 1. The lowest BCUT2D eigenvalue weighted by molar-refractivity contribution is 0.214. The number of benzene rings is 1. The van der Waals surface area contributed by atoms with E-state index < -0.39 is 0 Å². The van der Waals surface area contributed by atoms with Gasteiger partial charge in [0.2, 0.25) is 0 Å². The molecular formula is C16H22N4O2. The van der Waals surface area contributed by atoms with Crippen molar-refractivity contribution in [1.29, 1.82) is 0 Å². The summed E-state index contributed by atoms with van der Waals surface area (Å²) in [6, 6.07) is 9.57. The van der Waals surface area contributed by atoms with Crippen molar-refractivity contribution in [2.24, 2.45) is 0 Å². The molecule has 0 radical (unpaired) electrons. The second-order valence-electron chi connectivity index (χ2n) is 5.07. The van der Waals surface area contributed by atoms with Crippen LogP contribution in [0.5, 0.6) is 0 Å². The summed E-state index contributed by atoms with van der Waals surface area (Å²) in [5, 5.41) is 14.6. The van der Waals surface area contributed by atoms with Crippen molar-refractivity contribution >= 4 is 6.03 Å². The molecule has 0 spiro atoms. The van der Waals surface area contributed by atoms with Crippen molar-refractivity contribution in [3.8, 4) is 0 Å². The van der Waals surface area contributed by atoms with Crippen molar-refractivity contribution in [1.82, 2.24) is 20.2 Å². The predicted octanol–water partition coefficient (Wildman–Crippen LogP) is 1.50. The first-order valence-electron chi connectivity index (χ1n) is 7.42. The summed E-state index contributed by atoms with van der Waals surface area (Å²) >= 11 is 0. The van der Waals surface area contributed by atoms with Gasteiger partial charge in [0.05, 0.1) is 19.2 Å². The molecule has 1 aromatic heterocycles. The molecule has 2 rings (SSSR count). The number of aliphatic hydroxyl groups excluding tert-OH is 1. The van der Waals surface area contributed by atoms with E-state index in [0.717, 1.165) is 5.82 Å². The maximum atomic E-state index is 11.8. The van der Waals surface area contributed by atoms with Crippen LogP contribution in [0.1, 0.15) is 24.7 Å². The first-order chi connectivity index (χ1) is 10.7. The van der Waals surface area contributed by atoms with Crippen LogP contribution in [0.3, 0.4) is 0 Å². The van der Waals surface area contributed by atoms with Crippen LogP contribution in [0.2, 0.25) is 0 Å². The van der Waals surface area contributed by atoms with Gasteiger partial charge >= 0.3 is 6.03 Å². The first-order valence-corrected chi connectivity index (χ1v) is 7.42. The third kappa shape index (κ3) is 4.60. The molecule has 0 saturated carbocycles. The van der Waals surface area contributed by atoms with Gasteiger partial charge in [-0.15, -0.1) is 0 Å². The number of amides is 2. The van der Waals surface area contributed by atoms with Gasteiger partial charge in [0.1, 0.15) is 5.82 Å². The minimum atomic E-state index is -0.296. The van der Waals surface area contributed by atoms with Crippen LogP contribution in [0, 0.1) is 0 Å². The second kappa shape index (κ2) is 8.19. The molecule has 6 nitrogen and oxygen atoms in total. The molecule has 1 heterocycles. The van der Waals surface area contributed by atoms with E-state index in [9.17, 15) is 4.79 Å². The van der Waals surface area contributed by atoms with Crippen molar-refractivity contribution < 1.29 is 9.90 Å². The zero-order valence-corrected chi connectivity index (χ0v) is 12.7. The molecule has 1 unspecified atom stereocenters. The number of aromatic nitrogens is 2. The Bertz CT molecular complexity index is 579. The Balaban J connectivity index is 1.89. The quantitative estimate of drug-likeness (QED) is 0.725. The average Bonchev–Trinajstić information content (AvgIpc) is 2.98. The predicted molar refractivity (Wildman–Crippen MR) is 84.3 cm³/mol. The largest absolute Gasteiger partial charge is 0.394 e. The highest BCUT2D eigenvalue weighted by Gasteiger charge is 2.10. The monoisotopic (exact) mass is 302 g/mol. The molecule has 0 saturated heterocycles. The van der Waals surface area contributed by atoms with Crippen LogP contribution >= 0.6 is 0 Å². The summed E-state index contributed by atoms with van der Waals surface area (Å²) in [7, 11) is 0. The minimum Gasteiger partial charge on any atom is -0.394 e. The minimum absolute atomic E-state index is 0.0629. The van der Waals surface area contributed by atoms with Crippen molar-refractivity contribution in [3.05, 3.63) is 54.1 Å². The van der Waals surface area contributed by atoms with Crippen molar-refractivity contribution in [2.45, 2.75) is 32.5 Å². The summed E-state index contributed by atoms with van der Waals surface area (Å²) in [4.78, 5) is 16.0. The lowest BCUT2D eigenvalue weighted by Gasteiger charge is -2.15. The van der Waals surface area contributed by atoms with E-state index in [0.29, 0.717) is 19.5 Å². The third-order valence-electron chi connectivity index (χ3n) is 3.45.